The summed E-state index contributed by atoms with van der Waals surface area (Å²) in [5.41, 5.74) is 1.16. The molecule has 0 atom stereocenters. The van der Waals surface area contributed by atoms with E-state index < -0.39 is 31.2 Å². The number of nitrogens with one attached hydrogen (secondary N) is 1. The molecule has 0 fully saturated rings. The predicted octanol–water partition coefficient (Wildman–Crippen LogP) is 3.64. The van der Waals surface area contributed by atoms with E-state index >= 15 is 0 Å². The molecule has 0 bridgehead atoms. The number of hydrogen-bond acceptors (Lipinski definition) is 6. The van der Waals surface area contributed by atoms with Crippen LogP contribution >= 0.6 is 0 Å². The van der Waals surface area contributed by atoms with Gasteiger partial charge in [-0.25, -0.2) is 9.59 Å². The van der Waals surface area contributed by atoms with Crippen molar-refractivity contribution in [2.75, 3.05) is 13.2 Å². The van der Waals surface area contributed by atoms with Crippen LogP contribution in [-0.4, -0.2) is 37.8 Å². The van der Waals surface area contributed by atoms with Gasteiger partial charge in [-0.15, -0.1) is 0 Å². The molecule has 0 spiro atoms. The molecular weight excluding hydrogens is 400 g/mol. The molecular formula is C21H19F2NO6. The highest BCUT2D eigenvalue weighted by Gasteiger charge is 2.17. The third kappa shape index (κ3) is 7.34. The van der Waals surface area contributed by atoms with E-state index in [1.54, 1.807) is 37.3 Å². The molecule has 0 aromatic heterocycles. The second-order valence-corrected chi connectivity index (χ2v) is 5.72. The van der Waals surface area contributed by atoms with E-state index in [1.807, 2.05) is 5.32 Å². The average Bonchev–Trinajstić information content (AvgIpc) is 2.72. The van der Waals surface area contributed by atoms with Crippen molar-refractivity contribution in [1.29, 1.82) is 0 Å². The molecule has 2 aromatic carbocycles. The topological polar surface area (TPSA) is 90.9 Å². The van der Waals surface area contributed by atoms with E-state index in [-0.39, 0.29) is 17.9 Å². The first-order valence-corrected chi connectivity index (χ1v) is 8.84. The Hall–Kier alpha value is -3.75. The fourth-order valence-corrected chi connectivity index (χ4v) is 2.32. The van der Waals surface area contributed by atoms with Gasteiger partial charge in [0.05, 0.1) is 12.2 Å². The first kappa shape index (κ1) is 22.5. The highest BCUT2D eigenvalue weighted by molar-refractivity contribution is 6.21. The van der Waals surface area contributed by atoms with Crippen LogP contribution in [0, 0.1) is 0 Å². The normalized spacial score (nSPS) is 11.0. The van der Waals surface area contributed by atoms with Crippen molar-refractivity contribution in [2.24, 2.45) is 0 Å². The second kappa shape index (κ2) is 11.3. The molecule has 0 saturated carbocycles. The van der Waals surface area contributed by atoms with Crippen LogP contribution in [0.5, 0.6) is 5.75 Å². The third-order valence-corrected chi connectivity index (χ3v) is 3.57. The van der Waals surface area contributed by atoms with Gasteiger partial charge in [-0.3, -0.25) is 10.1 Å². The fourth-order valence-electron chi connectivity index (χ4n) is 2.32. The molecule has 2 aromatic rings. The number of halogens is 2. The number of carbonyl (C=O) groups is 3. The number of amides is 2. The lowest BCUT2D eigenvalue weighted by Gasteiger charge is -2.10. The van der Waals surface area contributed by atoms with Gasteiger partial charge in [-0.2, -0.15) is 8.78 Å². The standard InChI is InChI=1S/C21H19F2NO6/c1-2-28-21(27)24-18(25)13-29-19(26)17(15-6-4-3-5-7-15)12-14-8-10-16(11-9-14)30-20(22)23/h3-12,20H,2,13H2,1H3,(H,24,25,27). The number of imide groups is 1. The molecule has 0 aliphatic heterocycles. The van der Waals surface area contributed by atoms with Crippen LogP contribution in [0.3, 0.4) is 0 Å². The van der Waals surface area contributed by atoms with Crippen molar-refractivity contribution in [3.8, 4) is 5.75 Å². The van der Waals surface area contributed by atoms with Gasteiger partial charge >= 0.3 is 18.7 Å². The number of carbonyl (C=O) groups excluding carboxylic acids is 3. The molecule has 2 rings (SSSR count). The number of alkyl halides is 2. The number of hydrogen-bond donors (Lipinski definition) is 1. The molecule has 158 valence electrons. The van der Waals surface area contributed by atoms with E-state index in [1.165, 1.54) is 30.3 Å². The summed E-state index contributed by atoms with van der Waals surface area (Å²) in [7, 11) is 0. The van der Waals surface area contributed by atoms with Crippen LogP contribution in [0.1, 0.15) is 18.1 Å². The number of ether oxygens (including phenoxy) is 3. The lowest BCUT2D eigenvalue weighted by molar-refractivity contribution is -0.142. The smallest absolute Gasteiger partial charge is 0.413 e. The molecule has 0 radical (unpaired) electrons. The summed E-state index contributed by atoms with van der Waals surface area (Å²) < 4.78 is 38.4. The van der Waals surface area contributed by atoms with Gasteiger partial charge in [0.25, 0.3) is 5.91 Å². The van der Waals surface area contributed by atoms with Gasteiger partial charge in [-0.05, 0) is 36.3 Å². The van der Waals surface area contributed by atoms with Crippen molar-refractivity contribution in [2.45, 2.75) is 13.5 Å². The van der Waals surface area contributed by atoms with Crippen molar-refractivity contribution in [3.63, 3.8) is 0 Å². The van der Waals surface area contributed by atoms with E-state index in [2.05, 4.69) is 9.47 Å². The Labute approximate surface area is 171 Å². The highest BCUT2D eigenvalue weighted by Crippen LogP contribution is 2.22. The molecule has 7 nitrogen and oxygen atoms in total. The van der Waals surface area contributed by atoms with E-state index in [4.69, 9.17) is 4.74 Å². The van der Waals surface area contributed by atoms with Crippen LogP contribution in [-0.2, 0) is 19.1 Å². The summed E-state index contributed by atoms with van der Waals surface area (Å²) in [6.07, 6.45) is 0.538. The summed E-state index contributed by atoms with van der Waals surface area (Å²) in [4.78, 5) is 35.5. The van der Waals surface area contributed by atoms with Gasteiger partial charge in [0, 0.05) is 0 Å². The summed E-state index contributed by atoms with van der Waals surface area (Å²) in [5, 5.41) is 1.91. The lowest BCUT2D eigenvalue weighted by atomic mass is 10.0. The van der Waals surface area contributed by atoms with Crippen LogP contribution in [0.4, 0.5) is 13.6 Å². The minimum atomic E-state index is -2.94. The Bertz CT molecular complexity index is 897. The lowest BCUT2D eigenvalue weighted by Crippen LogP contribution is -2.34. The number of esters is 1. The maximum Gasteiger partial charge on any atom is 0.413 e. The van der Waals surface area contributed by atoms with E-state index in [9.17, 15) is 23.2 Å². The minimum absolute atomic E-state index is 0.0263. The molecule has 0 aliphatic rings. The molecule has 9 heteroatoms. The zero-order valence-electron chi connectivity index (χ0n) is 16.0. The quantitative estimate of drug-likeness (QED) is 0.399. The van der Waals surface area contributed by atoms with Crippen molar-refractivity contribution in [3.05, 3.63) is 65.7 Å². The predicted molar refractivity (Wildman–Crippen MR) is 104 cm³/mol. The molecule has 1 N–H and O–H groups in total. The average molecular weight is 419 g/mol. The van der Waals surface area contributed by atoms with Crippen LogP contribution < -0.4 is 10.1 Å². The highest BCUT2D eigenvalue weighted by atomic mass is 19.3. The van der Waals surface area contributed by atoms with E-state index in [0.29, 0.717) is 11.1 Å². The monoisotopic (exact) mass is 419 g/mol. The van der Waals surface area contributed by atoms with Gasteiger partial charge in [0.1, 0.15) is 5.75 Å². The molecule has 0 unspecified atom stereocenters. The number of alkyl carbamates (subject to hydrolysis) is 1. The van der Waals surface area contributed by atoms with Gasteiger partial charge in [0.2, 0.25) is 0 Å². The van der Waals surface area contributed by atoms with Crippen molar-refractivity contribution < 1.29 is 37.4 Å². The molecule has 30 heavy (non-hydrogen) atoms. The Balaban J connectivity index is 2.15. The Kier molecular flexibility index (Phi) is 8.49. The van der Waals surface area contributed by atoms with Crippen LogP contribution in [0.2, 0.25) is 0 Å². The van der Waals surface area contributed by atoms with Gasteiger partial charge in [0.15, 0.2) is 6.61 Å². The molecule has 0 aliphatic carbocycles. The number of rotatable bonds is 8. The Morgan fingerprint density at radius 1 is 1.00 bits per heavy atom. The second-order valence-electron chi connectivity index (χ2n) is 5.72. The largest absolute Gasteiger partial charge is 0.452 e. The molecule has 0 heterocycles. The first-order valence-electron chi connectivity index (χ1n) is 8.84. The van der Waals surface area contributed by atoms with E-state index in [0.717, 1.165) is 0 Å². The fraction of sp³-hybridized carbons (Fsp3) is 0.190. The maximum absolute atomic E-state index is 12.6. The summed E-state index contributed by atoms with van der Waals surface area (Å²) in [6.45, 7) is -1.97. The first-order chi connectivity index (χ1) is 14.4. The third-order valence-electron chi connectivity index (χ3n) is 3.57. The zero-order valence-corrected chi connectivity index (χ0v) is 16.0. The van der Waals surface area contributed by atoms with Crippen molar-refractivity contribution >= 4 is 29.6 Å². The molecule has 2 amide bonds. The van der Waals surface area contributed by atoms with Gasteiger partial charge in [-0.1, -0.05) is 42.5 Å². The minimum Gasteiger partial charge on any atom is -0.452 e. The zero-order chi connectivity index (χ0) is 21.9. The van der Waals surface area contributed by atoms with Crippen LogP contribution in [0.25, 0.3) is 11.6 Å². The maximum atomic E-state index is 12.6. The Morgan fingerprint density at radius 2 is 1.67 bits per heavy atom. The summed E-state index contributed by atoms with van der Waals surface area (Å²) >= 11 is 0. The van der Waals surface area contributed by atoms with Gasteiger partial charge < -0.3 is 14.2 Å². The van der Waals surface area contributed by atoms with Crippen LogP contribution in [0.15, 0.2) is 54.6 Å². The molecule has 0 saturated heterocycles. The number of benzene rings is 2. The van der Waals surface area contributed by atoms with Crippen molar-refractivity contribution in [1.82, 2.24) is 5.32 Å². The summed E-state index contributed by atoms with van der Waals surface area (Å²) in [5.74, 6) is -1.68. The SMILES string of the molecule is CCOC(=O)NC(=O)COC(=O)C(=Cc1ccc(OC(F)F)cc1)c1ccccc1. The Morgan fingerprint density at radius 3 is 2.27 bits per heavy atom. The summed E-state index contributed by atoms with van der Waals surface area (Å²) in [6, 6.07) is 14.2.